The molecule has 2 N–H and O–H groups in total. The maximum absolute atomic E-state index is 5.89. The fourth-order valence-corrected chi connectivity index (χ4v) is 1.93. The summed E-state index contributed by atoms with van der Waals surface area (Å²) in [6.07, 6.45) is 0. The van der Waals surface area contributed by atoms with Crippen molar-refractivity contribution in [1.82, 2.24) is 0 Å². The molecular formula is C16H19NO. The van der Waals surface area contributed by atoms with Gasteiger partial charge in [-0.2, -0.15) is 0 Å². The van der Waals surface area contributed by atoms with Crippen molar-refractivity contribution in [3.63, 3.8) is 0 Å². The van der Waals surface area contributed by atoms with Gasteiger partial charge in [0, 0.05) is 6.54 Å². The van der Waals surface area contributed by atoms with E-state index in [9.17, 15) is 0 Å². The van der Waals surface area contributed by atoms with E-state index in [4.69, 9.17) is 10.5 Å². The first-order chi connectivity index (χ1) is 8.72. The highest BCUT2D eigenvalue weighted by molar-refractivity contribution is 5.38. The van der Waals surface area contributed by atoms with Gasteiger partial charge >= 0.3 is 0 Å². The smallest absolute Gasteiger partial charge is 0.122 e. The average Bonchev–Trinajstić information content (AvgIpc) is 2.41. The van der Waals surface area contributed by atoms with Gasteiger partial charge < -0.3 is 10.5 Å². The first kappa shape index (κ1) is 12.7. The van der Waals surface area contributed by atoms with Crippen molar-refractivity contribution in [3.05, 3.63) is 64.7 Å². The molecule has 0 unspecified atom stereocenters. The van der Waals surface area contributed by atoms with Crippen molar-refractivity contribution < 1.29 is 4.74 Å². The second-order valence-corrected chi connectivity index (χ2v) is 4.46. The quantitative estimate of drug-likeness (QED) is 0.891. The summed E-state index contributed by atoms with van der Waals surface area (Å²) in [5.74, 6) is 0.946. The molecule has 0 saturated carbocycles. The summed E-state index contributed by atoms with van der Waals surface area (Å²) in [4.78, 5) is 0. The molecule has 2 aromatic carbocycles. The first-order valence-electron chi connectivity index (χ1n) is 6.18. The lowest BCUT2D eigenvalue weighted by molar-refractivity contribution is 0.302. The van der Waals surface area contributed by atoms with Crippen LogP contribution in [-0.4, -0.2) is 0 Å². The highest BCUT2D eigenvalue weighted by atomic mass is 16.5. The molecule has 0 spiro atoms. The summed E-state index contributed by atoms with van der Waals surface area (Å²) in [6.45, 7) is 5.29. The van der Waals surface area contributed by atoms with Crippen LogP contribution in [0.5, 0.6) is 5.75 Å². The van der Waals surface area contributed by atoms with E-state index in [1.807, 2.05) is 30.3 Å². The van der Waals surface area contributed by atoms with Crippen molar-refractivity contribution in [2.24, 2.45) is 5.73 Å². The van der Waals surface area contributed by atoms with Gasteiger partial charge in [0.15, 0.2) is 0 Å². The minimum absolute atomic E-state index is 0.548. The Labute approximate surface area is 108 Å². The molecule has 0 radical (unpaired) electrons. The van der Waals surface area contributed by atoms with Gasteiger partial charge in [0.05, 0.1) is 0 Å². The largest absolute Gasteiger partial charge is 0.489 e. The van der Waals surface area contributed by atoms with Crippen molar-refractivity contribution in [1.29, 1.82) is 0 Å². The lowest BCUT2D eigenvalue weighted by Crippen LogP contribution is -2.05. The first-order valence-corrected chi connectivity index (χ1v) is 6.18. The lowest BCUT2D eigenvalue weighted by Gasteiger charge is -2.12. The second kappa shape index (κ2) is 5.69. The van der Waals surface area contributed by atoms with Gasteiger partial charge in [0.25, 0.3) is 0 Å². The molecule has 0 saturated heterocycles. The van der Waals surface area contributed by atoms with Gasteiger partial charge in [-0.25, -0.2) is 0 Å². The predicted molar refractivity (Wildman–Crippen MR) is 74.6 cm³/mol. The number of ether oxygens (including phenoxy) is 1. The zero-order valence-corrected chi connectivity index (χ0v) is 10.9. The Morgan fingerprint density at radius 1 is 0.944 bits per heavy atom. The topological polar surface area (TPSA) is 35.2 Å². The molecule has 18 heavy (non-hydrogen) atoms. The third-order valence-corrected chi connectivity index (χ3v) is 3.28. The second-order valence-electron chi connectivity index (χ2n) is 4.46. The van der Waals surface area contributed by atoms with E-state index >= 15 is 0 Å². The van der Waals surface area contributed by atoms with Gasteiger partial charge in [-0.1, -0.05) is 36.4 Å². The van der Waals surface area contributed by atoms with Crippen molar-refractivity contribution in [3.8, 4) is 5.75 Å². The molecule has 2 heteroatoms. The van der Waals surface area contributed by atoms with E-state index in [1.54, 1.807) is 0 Å². The predicted octanol–water partition coefficient (Wildman–Crippen LogP) is 3.34. The van der Waals surface area contributed by atoms with E-state index in [1.165, 1.54) is 11.1 Å². The van der Waals surface area contributed by atoms with Crippen LogP contribution in [-0.2, 0) is 13.2 Å². The Morgan fingerprint density at radius 3 is 2.39 bits per heavy atom. The van der Waals surface area contributed by atoms with Crippen LogP contribution in [0, 0.1) is 13.8 Å². The molecule has 0 heterocycles. The molecular weight excluding hydrogens is 222 g/mol. The number of rotatable bonds is 4. The molecule has 0 bridgehead atoms. The molecule has 0 fully saturated rings. The van der Waals surface area contributed by atoms with Crippen LogP contribution in [0.15, 0.2) is 42.5 Å². The Kier molecular flexibility index (Phi) is 4.00. The Morgan fingerprint density at radius 2 is 1.67 bits per heavy atom. The van der Waals surface area contributed by atoms with Gasteiger partial charge in [-0.3, -0.25) is 0 Å². The molecule has 0 aliphatic carbocycles. The van der Waals surface area contributed by atoms with Crippen LogP contribution in [0.1, 0.15) is 22.3 Å². The minimum Gasteiger partial charge on any atom is -0.489 e. The van der Waals surface area contributed by atoms with Crippen molar-refractivity contribution >= 4 is 0 Å². The number of hydrogen-bond donors (Lipinski definition) is 1. The zero-order chi connectivity index (χ0) is 13.0. The number of benzene rings is 2. The summed E-state index contributed by atoms with van der Waals surface area (Å²) >= 11 is 0. The van der Waals surface area contributed by atoms with E-state index in [-0.39, 0.29) is 0 Å². The molecule has 2 aromatic rings. The zero-order valence-electron chi connectivity index (χ0n) is 10.9. The van der Waals surface area contributed by atoms with E-state index in [2.05, 4.69) is 26.0 Å². The number of aryl methyl sites for hydroxylation is 1. The third-order valence-electron chi connectivity index (χ3n) is 3.28. The SMILES string of the molecule is Cc1cccc(OCc2ccccc2CN)c1C. The van der Waals surface area contributed by atoms with E-state index in [0.717, 1.165) is 16.9 Å². The number of nitrogens with two attached hydrogens (primary N) is 1. The highest BCUT2D eigenvalue weighted by Crippen LogP contribution is 2.22. The number of hydrogen-bond acceptors (Lipinski definition) is 2. The molecule has 0 aliphatic heterocycles. The van der Waals surface area contributed by atoms with Gasteiger partial charge in [-0.15, -0.1) is 0 Å². The standard InChI is InChI=1S/C16H19NO/c1-12-6-5-9-16(13(12)2)18-11-15-8-4-3-7-14(15)10-17/h3-9H,10-11,17H2,1-2H3. The summed E-state index contributed by atoms with van der Waals surface area (Å²) in [5.41, 5.74) is 10.5. The maximum atomic E-state index is 5.89. The maximum Gasteiger partial charge on any atom is 0.122 e. The minimum atomic E-state index is 0.548. The lowest BCUT2D eigenvalue weighted by atomic mass is 10.1. The summed E-state index contributed by atoms with van der Waals surface area (Å²) < 4.78 is 5.89. The van der Waals surface area contributed by atoms with E-state index in [0.29, 0.717) is 13.2 Å². The van der Waals surface area contributed by atoms with Crippen LogP contribution in [0.4, 0.5) is 0 Å². The third kappa shape index (κ3) is 2.71. The molecule has 0 amide bonds. The van der Waals surface area contributed by atoms with Crippen LogP contribution in [0.2, 0.25) is 0 Å². The van der Waals surface area contributed by atoms with Crippen molar-refractivity contribution in [2.45, 2.75) is 27.0 Å². The fraction of sp³-hybridized carbons (Fsp3) is 0.250. The molecule has 0 atom stereocenters. The van der Waals surface area contributed by atoms with Gasteiger partial charge in [-0.05, 0) is 42.2 Å². The molecule has 94 valence electrons. The van der Waals surface area contributed by atoms with Crippen LogP contribution < -0.4 is 10.5 Å². The average molecular weight is 241 g/mol. The fourth-order valence-electron chi connectivity index (χ4n) is 1.93. The molecule has 2 nitrogen and oxygen atoms in total. The van der Waals surface area contributed by atoms with Crippen LogP contribution in [0.25, 0.3) is 0 Å². The highest BCUT2D eigenvalue weighted by Gasteiger charge is 2.04. The van der Waals surface area contributed by atoms with E-state index < -0.39 is 0 Å². The molecule has 0 aliphatic rings. The van der Waals surface area contributed by atoms with Gasteiger partial charge in [0.1, 0.15) is 12.4 Å². The summed E-state index contributed by atoms with van der Waals surface area (Å²) in [7, 11) is 0. The normalized spacial score (nSPS) is 10.4. The molecule has 2 rings (SSSR count). The summed E-state index contributed by atoms with van der Waals surface area (Å²) in [6, 6.07) is 14.2. The molecule has 0 aromatic heterocycles. The summed E-state index contributed by atoms with van der Waals surface area (Å²) in [5, 5.41) is 0. The Bertz CT molecular complexity index is 534. The monoisotopic (exact) mass is 241 g/mol. The Balaban J connectivity index is 2.14. The van der Waals surface area contributed by atoms with Crippen molar-refractivity contribution in [2.75, 3.05) is 0 Å². The van der Waals surface area contributed by atoms with Crippen LogP contribution >= 0.6 is 0 Å². The Hall–Kier alpha value is -1.80. The van der Waals surface area contributed by atoms with Gasteiger partial charge in [0.2, 0.25) is 0 Å². The van der Waals surface area contributed by atoms with Crippen LogP contribution in [0.3, 0.4) is 0 Å².